The predicted octanol–water partition coefficient (Wildman–Crippen LogP) is 1.13. The highest BCUT2D eigenvalue weighted by molar-refractivity contribution is 5.95. The number of pyridine rings is 1. The number of fused-ring (bicyclic) bond motifs is 1. The SMILES string of the molecule is C[C@@H]1CN(c2ccc(C#N)c3ncccc23)C[C@H](C(=O)NC2CNC[C@H]2F)O1. The van der Waals surface area contributed by atoms with Gasteiger partial charge in [0, 0.05) is 36.9 Å². The standard InChI is InChI=1S/C20H22FN5O2/c1-12-10-26(11-18(28-12)20(27)25-16-9-23-8-15(16)21)17-5-4-13(7-22)19-14(17)3-2-6-24-19/h2-6,12,15-16,18,23H,8-11H2,1H3,(H,25,27)/t12-,15-,16?,18-/m1/s1. The van der Waals surface area contributed by atoms with Crippen molar-refractivity contribution in [1.82, 2.24) is 15.6 Å². The summed E-state index contributed by atoms with van der Waals surface area (Å²) in [4.78, 5) is 19.1. The summed E-state index contributed by atoms with van der Waals surface area (Å²) in [5, 5.41) is 15.9. The van der Waals surface area contributed by atoms with Crippen molar-refractivity contribution >= 4 is 22.5 Å². The first kappa shape index (κ1) is 18.6. The molecule has 0 aliphatic carbocycles. The number of halogens is 1. The minimum Gasteiger partial charge on any atom is -0.365 e. The first-order chi connectivity index (χ1) is 13.6. The lowest BCUT2D eigenvalue weighted by atomic mass is 10.1. The number of nitriles is 1. The summed E-state index contributed by atoms with van der Waals surface area (Å²) in [6, 6.07) is 9.02. The number of carbonyl (C=O) groups excluding carboxylic acids is 1. The van der Waals surface area contributed by atoms with E-state index in [1.165, 1.54) is 0 Å². The van der Waals surface area contributed by atoms with Crippen molar-refractivity contribution in [2.24, 2.45) is 0 Å². The van der Waals surface area contributed by atoms with Crippen LogP contribution >= 0.6 is 0 Å². The van der Waals surface area contributed by atoms with E-state index in [0.29, 0.717) is 30.7 Å². The van der Waals surface area contributed by atoms with Gasteiger partial charge in [-0.1, -0.05) is 0 Å². The number of morpholine rings is 1. The van der Waals surface area contributed by atoms with Crippen LogP contribution in [0.25, 0.3) is 10.9 Å². The number of anilines is 1. The molecule has 1 aromatic heterocycles. The van der Waals surface area contributed by atoms with E-state index in [0.717, 1.165) is 11.1 Å². The zero-order chi connectivity index (χ0) is 19.7. The molecule has 4 atom stereocenters. The third kappa shape index (κ3) is 3.51. The predicted molar refractivity (Wildman–Crippen MR) is 103 cm³/mol. The van der Waals surface area contributed by atoms with Gasteiger partial charge in [0.15, 0.2) is 6.10 Å². The Morgan fingerprint density at radius 3 is 3.00 bits per heavy atom. The smallest absolute Gasteiger partial charge is 0.251 e. The van der Waals surface area contributed by atoms with Crippen LogP contribution in [0.1, 0.15) is 12.5 Å². The van der Waals surface area contributed by atoms with Crippen LogP contribution < -0.4 is 15.5 Å². The molecule has 28 heavy (non-hydrogen) atoms. The van der Waals surface area contributed by atoms with E-state index in [9.17, 15) is 14.4 Å². The van der Waals surface area contributed by atoms with Crippen molar-refractivity contribution in [3.63, 3.8) is 0 Å². The fraction of sp³-hybridized carbons (Fsp3) is 0.450. The van der Waals surface area contributed by atoms with E-state index in [2.05, 4.69) is 26.6 Å². The lowest BCUT2D eigenvalue weighted by Gasteiger charge is -2.38. The second-order valence-corrected chi connectivity index (χ2v) is 7.27. The van der Waals surface area contributed by atoms with Crippen molar-refractivity contribution in [2.75, 3.05) is 31.1 Å². The van der Waals surface area contributed by atoms with Crippen molar-refractivity contribution < 1.29 is 13.9 Å². The highest BCUT2D eigenvalue weighted by Crippen LogP contribution is 2.30. The third-order valence-corrected chi connectivity index (χ3v) is 5.23. The van der Waals surface area contributed by atoms with E-state index in [1.54, 1.807) is 12.3 Å². The molecule has 8 heteroatoms. The van der Waals surface area contributed by atoms with Crippen LogP contribution in [0.5, 0.6) is 0 Å². The van der Waals surface area contributed by atoms with Crippen molar-refractivity contribution in [1.29, 1.82) is 5.26 Å². The van der Waals surface area contributed by atoms with Crippen LogP contribution in [0.4, 0.5) is 10.1 Å². The number of benzene rings is 1. The minimum absolute atomic E-state index is 0.172. The topological polar surface area (TPSA) is 90.3 Å². The Bertz CT molecular complexity index is 930. The molecule has 2 aliphatic rings. The Morgan fingerprint density at radius 2 is 2.25 bits per heavy atom. The summed E-state index contributed by atoms with van der Waals surface area (Å²) in [6.45, 7) is 3.54. The Hall–Kier alpha value is -2.76. The number of nitrogens with zero attached hydrogens (tertiary/aromatic N) is 3. The lowest BCUT2D eigenvalue weighted by molar-refractivity contribution is -0.138. The molecule has 2 aliphatic heterocycles. The minimum atomic E-state index is -1.09. The Balaban J connectivity index is 1.58. The van der Waals surface area contributed by atoms with Crippen LogP contribution in [-0.4, -0.2) is 61.5 Å². The third-order valence-electron chi connectivity index (χ3n) is 5.23. The molecule has 7 nitrogen and oxygen atoms in total. The first-order valence-corrected chi connectivity index (χ1v) is 9.40. The molecule has 2 saturated heterocycles. The highest BCUT2D eigenvalue weighted by atomic mass is 19.1. The van der Waals surface area contributed by atoms with Crippen LogP contribution in [0.15, 0.2) is 30.5 Å². The molecule has 0 radical (unpaired) electrons. The van der Waals surface area contributed by atoms with Crippen LogP contribution in [0.2, 0.25) is 0 Å². The van der Waals surface area contributed by atoms with Gasteiger partial charge in [-0.25, -0.2) is 4.39 Å². The van der Waals surface area contributed by atoms with Gasteiger partial charge in [0.1, 0.15) is 12.2 Å². The Morgan fingerprint density at radius 1 is 1.39 bits per heavy atom. The summed E-state index contributed by atoms with van der Waals surface area (Å²) >= 11 is 0. The summed E-state index contributed by atoms with van der Waals surface area (Å²) in [5.41, 5.74) is 2.05. The van der Waals surface area contributed by atoms with E-state index < -0.39 is 18.3 Å². The average Bonchev–Trinajstić information content (AvgIpc) is 3.11. The monoisotopic (exact) mass is 383 g/mol. The number of alkyl halides is 1. The van der Waals surface area contributed by atoms with Gasteiger partial charge in [-0.15, -0.1) is 0 Å². The molecule has 0 spiro atoms. The highest BCUT2D eigenvalue weighted by Gasteiger charge is 2.35. The molecule has 0 saturated carbocycles. The second kappa shape index (κ2) is 7.70. The number of nitrogens with one attached hydrogen (secondary N) is 2. The van der Waals surface area contributed by atoms with E-state index in [1.807, 2.05) is 25.1 Å². The van der Waals surface area contributed by atoms with Crippen molar-refractivity contribution in [3.8, 4) is 6.07 Å². The van der Waals surface area contributed by atoms with Gasteiger partial charge in [-0.05, 0) is 31.2 Å². The first-order valence-electron chi connectivity index (χ1n) is 9.40. The molecular formula is C20H22FN5O2. The fourth-order valence-corrected chi connectivity index (χ4v) is 3.88. The van der Waals surface area contributed by atoms with Gasteiger partial charge in [0.05, 0.1) is 29.8 Å². The van der Waals surface area contributed by atoms with Crippen LogP contribution in [-0.2, 0) is 9.53 Å². The normalized spacial score (nSPS) is 27.5. The number of ether oxygens (including phenoxy) is 1. The van der Waals surface area contributed by atoms with Gasteiger partial charge in [-0.3, -0.25) is 9.78 Å². The van der Waals surface area contributed by atoms with Crippen LogP contribution in [0, 0.1) is 11.3 Å². The summed E-state index contributed by atoms with van der Waals surface area (Å²) in [6.07, 6.45) is -0.294. The molecule has 2 fully saturated rings. The summed E-state index contributed by atoms with van der Waals surface area (Å²) in [5.74, 6) is -0.302. The van der Waals surface area contributed by atoms with Gasteiger partial charge in [0.25, 0.3) is 5.91 Å². The second-order valence-electron chi connectivity index (χ2n) is 7.27. The zero-order valence-corrected chi connectivity index (χ0v) is 15.6. The largest absolute Gasteiger partial charge is 0.365 e. The molecule has 1 aromatic carbocycles. The number of aromatic nitrogens is 1. The van der Waals surface area contributed by atoms with Crippen LogP contribution in [0.3, 0.4) is 0 Å². The molecule has 4 rings (SSSR count). The number of rotatable bonds is 3. The molecule has 1 unspecified atom stereocenters. The maximum atomic E-state index is 13.8. The summed E-state index contributed by atoms with van der Waals surface area (Å²) in [7, 11) is 0. The summed E-state index contributed by atoms with van der Waals surface area (Å²) < 4.78 is 19.7. The van der Waals surface area contributed by atoms with Gasteiger partial charge < -0.3 is 20.3 Å². The van der Waals surface area contributed by atoms with E-state index in [-0.39, 0.29) is 18.6 Å². The molecule has 146 valence electrons. The number of amides is 1. The fourth-order valence-electron chi connectivity index (χ4n) is 3.88. The average molecular weight is 383 g/mol. The van der Waals surface area contributed by atoms with Gasteiger partial charge in [-0.2, -0.15) is 5.26 Å². The van der Waals surface area contributed by atoms with Gasteiger partial charge in [0.2, 0.25) is 0 Å². The lowest BCUT2D eigenvalue weighted by Crippen LogP contribution is -2.55. The number of carbonyl (C=O) groups is 1. The maximum Gasteiger partial charge on any atom is 0.251 e. The molecular weight excluding hydrogens is 361 g/mol. The maximum absolute atomic E-state index is 13.8. The van der Waals surface area contributed by atoms with Gasteiger partial charge >= 0.3 is 0 Å². The number of hydrogen-bond donors (Lipinski definition) is 2. The molecule has 2 aromatic rings. The number of hydrogen-bond acceptors (Lipinski definition) is 6. The zero-order valence-electron chi connectivity index (χ0n) is 15.6. The van der Waals surface area contributed by atoms with Crippen molar-refractivity contribution in [2.45, 2.75) is 31.3 Å². The molecule has 3 heterocycles. The Labute approximate surface area is 162 Å². The van der Waals surface area contributed by atoms with E-state index in [4.69, 9.17) is 4.74 Å². The Kier molecular flexibility index (Phi) is 5.11. The molecule has 2 N–H and O–H groups in total. The quantitative estimate of drug-likeness (QED) is 0.826. The van der Waals surface area contributed by atoms with E-state index >= 15 is 0 Å². The molecule has 1 amide bonds. The van der Waals surface area contributed by atoms with Crippen molar-refractivity contribution in [3.05, 3.63) is 36.0 Å². The molecule has 0 bridgehead atoms.